The zero-order valence-corrected chi connectivity index (χ0v) is 14.4. The molecule has 1 aliphatic heterocycles. The largest absolute Gasteiger partial charge is 0.389 e. The van der Waals surface area contributed by atoms with Crippen molar-refractivity contribution in [3.8, 4) is 0 Å². The van der Waals surface area contributed by atoms with Crippen LogP contribution in [0.1, 0.15) is 56.3 Å². The molecule has 1 N–H and O–H groups in total. The van der Waals surface area contributed by atoms with E-state index in [-0.39, 0.29) is 5.91 Å². The van der Waals surface area contributed by atoms with E-state index in [1.165, 1.54) is 5.69 Å². The Morgan fingerprint density at radius 3 is 2.52 bits per heavy atom. The van der Waals surface area contributed by atoms with Crippen LogP contribution < -0.4 is 0 Å². The van der Waals surface area contributed by atoms with Crippen LogP contribution in [0.15, 0.2) is 6.07 Å². The van der Waals surface area contributed by atoms with Crippen LogP contribution in [0.25, 0.3) is 0 Å². The summed E-state index contributed by atoms with van der Waals surface area (Å²) >= 11 is 0. The van der Waals surface area contributed by atoms with Gasteiger partial charge in [-0.2, -0.15) is 5.10 Å². The fourth-order valence-corrected chi connectivity index (χ4v) is 4.07. The molecule has 5 nitrogen and oxygen atoms in total. The fraction of sp³-hybridized carbons (Fsp3) is 0.778. The molecule has 5 heteroatoms. The van der Waals surface area contributed by atoms with Gasteiger partial charge in [-0.1, -0.05) is 12.8 Å². The number of likely N-dealkylation sites (tertiary alicyclic amines) is 1. The quantitative estimate of drug-likeness (QED) is 0.927. The van der Waals surface area contributed by atoms with E-state index in [0.717, 1.165) is 63.9 Å². The number of amides is 1. The van der Waals surface area contributed by atoms with Gasteiger partial charge in [0, 0.05) is 25.3 Å². The lowest BCUT2D eigenvalue weighted by Gasteiger charge is -2.34. The lowest BCUT2D eigenvalue weighted by Crippen LogP contribution is -2.42. The van der Waals surface area contributed by atoms with Crippen molar-refractivity contribution in [3.63, 3.8) is 0 Å². The summed E-state index contributed by atoms with van der Waals surface area (Å²) in [5, 5.41) is 15.0. The van der Waals surface area contributed by atoms with Crippen molar-refractivity contribution in [3.05, 3.63) is 17.5 Å². The average Bonchev–Trinajstić information content (AvgIpc) is 3.06. The highest BCUT2D eigenvalue weighted by Crippen LogP contribution is 2.33. The Hall–Kier alpha value is -1.36. The van der Waals surface area contributed by atoms with Gasteiger partial charge >= 0.3 is 0 Å². The van der Waals surface area contributed by atoms with Crippen molar-refractivity contribution >= 4 is 5.91 Å². The van der Waals surface area contributed by atoms with Crippen LogP contribution in [0.3, 0.4) is 0 Å². The number of hydrogen-bond acceptors (Lipinski definition) is 3. The third kappa shape index (κ3) is 3.94. The molecule has 2 heterocycles. The molecule has 1 aliphatic carbocycles. The number of rotatable bonds is 4. The van der Waals surface area contributed by atoms with Gasteiger partial charge in [0.25, 0.3) is 0 Å². The summed E-state index contributed by atoms with van der Waals surface area (Å²) in [6.45, 7) is 6.71. The monoisotopic (exact) mass is 319 g/mol. The van der Waals surface area contributed by atoms with Crippen molar-refractivity contribution in [2.45, 2.75) is 70.9 Å². The number of nitrogens with zero attached hydrogens (tertiary/aromatic N) is 3. The van der Waals surface area contributed by atoms with E-state index in [9.17, 15) is 9.90 Å². The van der Waals surface area contributed by atoms with Crippen LogP contribution in [0.4, 0.5) is 0 Å². The molecule has 23 heavy (non-hydrogen) atoms. The second-order valence-electron chi connectivity index (χ2n) is 7.54. The number of carbonyl (C=O) groups excluding carboxylic acids is 1. The Morgan fingerprint density at radius 1 is 1.30 bits per heavy atom. The third-order valence-electron chi connectivity index (χ3n) is 5.52. The molecule has 128 valence electrons. The molecule has 0 radical (unpaired) electrons. The van der Waals surface area contributed by atoms with Crippen LogP contribution in [-0.2, 0) is 11.3 Å². The zero-order valence-electron chi connectivity index (χ0n) is 14.4. The molecule has 1 saturated heterocycles. The fourth-order valence-electron chi connectivity index (χ4n) is 4.07. The summed E-state index contributed by atoms with van der Waals surface area (Å²) in [7, 11) is 0. The molecule has 0 bridgehead atoms. The standard InChI is InChI=1S/C18H29N3O2/c1-14-11-15(2)21(19-14)13-16-5-9-20(10-6-16)17(22)12-18(23)7-3-4-8-18/h11,16,23H,3-10,12-13H2,1-2H3. The highest BCUT2D eigenvalue weighted by Gasteiger charge is 2.35. The van der Waals surface area contributed by atoms with Gasteiger partial charge in [-0.25, -0.2) is 0 Å². The average molecular weight is 319 g/mol. The van der Waals surface area contributed by atoms with Gasteiger partial charge in [-0.05, 0) is 51.5 Å². The summed E-state index contributed by atoms with van der Waals surface area (Å²) in [6.07, 6.45) is 6.05. The molecule has 3 rings (SSSR count). The Morgan fingerprint density at radius 2 is 1.96 bits per heavy atom. The van der Waals surface area contributed by atoms with Gasteiger partial charge in [0.15, 0.2) is 0 Å². The van der Waals surface area contributed by atoms with Gasteiger partial charge in [-0.15, -0.1) is 0 Å². The number of piperidine rings is 1. The highest BCUT2D eigenvalue weighted by atomic mass is 16.3. The van der Waals surface area contributed by atoms with Crippen molar-refractivity contribution in [2.24, 2.45) is 5.92 Å². The summed E-state index contributed by atoms with van der Waals surface area (Å²) in [6, 6.07) is 2.11. The minimum absolute atomic E-state index is 0.138. The maximum absolute atomic E-state index is 12.4. The number of aliphatic hydroxyl groups is 1. The Bertz CT molecular complexity index is 553. The van der Waals surface area contributed by atoms with Gasteiger partial charge in [0.1, 0.15) is 0 Å². The summed E-state index contributed by atoms with van der Waals surface area (Å²) in [5.74, 6) is 0.727. The lowest BCUT2D eigenvalue weighted by molar-refractivity contribution is -0.137. The van der Waals surface area contributed by atoms with Crippen LogP contribution in [0.5, 0.6) is 0 Å². The molecule has 1 saturated carbocycles. The molecule has 0 spiro atoms. The minimum Gasteiger partial charge on any atom is -0.389 e. The first-order chi connectivity index (χ1) is 11.0. The maximum Gasteiger partial charge on any atom is 0.225 e. The second-order valence-corrected chi connectivity index (χ2v) is 7.54. The number of aryl methyl sites for hydroxylation is 2. The van der Waals surface area contributed by atoms with Crippen molar-refractivity contribution in [2.75, 3.05) is 13.1 Å². The van der Waals surface area contributed by atoms with Gasteiger partial charge in [0.05, 0.1) is 17.7 Å². The molecular weight excluding hydrogens is 290 g/mol. The molecular formula is C18H29N3O2. The Labute approximate surface area is 138 Å². The van der Waals surface area contributed by atoms with E-state index in [2.05, 4.69) is 22.8 Å². The summed E-state index contributed by atoms with van der Waals surface area (Å²) in [5.41, 5.74) is 1.56. The van der Waals surface area contributed by atoms with Gasteiger partial charge in [-0.3, -0.25) is 9.48 Å². The van der Waals surface area contributed by atoms with Crippen LogP contribution in [0.2, 0.25) is 0 Å². The number of carbonyl (C=O) groups is 1. The van der Waals surface area contributed by atoms with Crippen molar-refractivity contribution < 1.29 is 9.90 Å². The van der Waals surface area contributed by atoms with E-state index in [0.29, 0.717) is 12.3 Å². The molecule has 0 aromatic carbocycles. The Balaban J connectivity index is 1.48. The molecule has 0 unspecified atom stereocenters. The van der Waals surface area contributed by atoms with Gasteiger partial charge < -0.3 is 10.0 Å². The molecule has 1 aromatic rings. The number of aromatic nitrogens is 2. The molecule has 2 fully saturated rings. The predicted molar refractivity (Wildman–Crippen MR) is 89.0 cm³/mol. The first-order valence-corrected chi connectivity index (χ1v) is 8.96. The smallest absolute Gasteiger partial charge is 0.225 e. The Kier molecular flexibility index (Phi) is 4.76. The molecule has 1 aromatic heterocycles. The topological polar surface area (TPSA) is 58.4 Å². The molecule has 1 amide bonds. The van der Waals surface area contributed by atoms with Crippen LogP contribution in [-0.4, -0.2) is 44.4 Å². The van der Waals surface area contributed by atoms with E-state index >= 15 is 0 Å². The first kappa shape index (κ1) is 16.5. The molecule has 2 aliphatic rings. The van der Waals surface area contributed by atoms with Crippen molar-refractivity contribution in [1.82, 2.24) is 14.7 Å². The molecule has 0 atom stereocenters. The SMILES string of the molecule is Cc1cc(C)n(CC2CCN(C(=O)CC3(O)CCCC3)CC2)n1. The third-order valence-corrected chi connectivity index (χ3v) is 5.52. The number of hydrogen-bond donors (Lipinski definition) is 1. The predicted octanol–water partition coefficient (Wildman–Crippen LogP) is 2.43. The zero-order chi connectivity index (χ0) is 16.4. The van der Waals surface area contributed by atoms with Crippen molar-refractivity contribution in [1.29, 1.82) is 0 Å². The lowest BCUT2D eigenvalue weighted by atomic mass is 9.94. The van der Waals surface area contributed by atoms with E-state index in [1.54, 1.807) is 0 Å². The second kappa shape index (κ2) is 6.63. The van der Waals surface area contributed by atoms with Crippen LogP contribution in [0, 0.1) is 19.8 Å². The maximum atomic E-state index is 12.4. The minimum atomic E-state index is -0.725. The van der Waals surface area contributed by atoms with E-state index < -0.39 is 5.60 Å². The summed E-state index contributed by atoms with van der Waals surface area (Å²) < 4.78 is 2.10. The van der Waals surface area contributed by atoms with E-state index in [1.807, 2.05) is 11.8 Å². The van der Waals surface area contributed by atoms with E-state index in [4.69, 9.17) is 0 Å². The summed E-state index contributed by atoms with van der Waals surface area (Å²) in [4.78, 5) is 14.4. The first-order valence-electron chi connectivity index (χ1n) is 8.96. The highest BCUT2D eigenvalue weighted by molar-refractivity contribution is 5.77. The normalized spacial score (nSPS) is 21.8. The van der Waals surface area contributed by atoms with Crippen LogP contribution >= 0.6 is 0 Å². The van der Waals surface area contributed by atoms with Gasteiger partial charge in [0.2, 0.25) is 5.91 Å².